The van der Waals surface area contributed by atoms with Crippen molar-refractivity contribution >= 4 is 23.4 Å². The largest absolute Gasteiger partial charge is 0.325 e. The Kier molecular flexibility index (Phi) is 4.28. The predicted octanol–water partition coefficient (Wildman–Crippen LogP) is 2.14. The van der Waals surface area contributed by atoms with Gasteiger partial charge in [-0.3, -0.25) is 19.3 Å². The molecular formula is C18H20N2O3. The monoisotopic (exact) mass is 312 g/mol. The number of allylic oxidation sites excluding steroid dienone is 2. The highest BCUT2D eigenvalue weighted by Gasteiger charge is 2.47. The first-order chi connectivity index (χ1) is 11.1. The maximum absolute atomic E-state index is 12.3. The average Bonchev–Trinajstić information content (AvgIpc) is 2.80. The maximum Gasteiger partial charge on any atom is 0.244 e. The summed E-state index contributed by atoms with van der Waals surface area (Å²) in [6.45, 7) is 1.83. The van der Waals surface area contributed by atoms with Crippen molar-refractivity contribution in [1.29, 1.82) is 0 Å². The van der Waals surface area contributed by atoms with Crippen LogP contribution in [-0.2, 0) is 20.8 Å². The molecule has 0 saturated carbocycles. The van der Waals surface area contributed by atoms with Crippen molar-refractivity contribution in [3.05, 3.63) is 42.0 Å². The molecule has 3 amide bonds. The van der Waals surface area contributed by atoms with Crippen molar-refractivity contribution in [1.82, 2.24) is 4.90 Å². The van der Waals surface area contributed by atoms with E-state index in [1.165, 1.54) is 0 Å². The molecule has 1 N–H and O–H groups in total. The Morgan fingerprint density at radius 2 is 1.83 bits per heavy atom. The lowest BCUT2D eigenvalue weighted by molar-refractivity contribution is -0.142. The minimum absolute atomic E-state index is 0.207. The number of nitrogens with zero attached hydrogens (tertiary/aromatic N) is 1. The van der Waals surface area contributed by atoms with Gasteiger partial charge in [0.2, 0.25) is 17.7 Å². The summed E-state index contributed by atoms with van der Waals surface area (Å²) in [5.41, 5.74) is 1.81. The van der Waals surface area contributed by atoms with E-state index >= 15 is 0 Å². The van der Waals surface area contributed by atoms with Crippen LogP contribution in [0.25, 0.3) is 0 Å². The van der Waals surface area contributed by atoms with Crippen molar-refractivity contribution in [3.63, 3.8) is 0 Å². The van der Waals surface area contributed by atoms with E-state index in [1.54, 1.807) is 6.07 Å². The summed E-state index contributed by atoms with van der Waals surface area (Å²) in [7, 11) is 0. The predicted molar refractivity (Wildman–Crippen MR) is 86.5 cm³/mol. The molecule has 1 aromatic rings. The molecular weight excluding hydrogens is 292 g/mol. The quantitative estimate of drug-likeness (QED) is 0.684. The minimum atomic E-state index is -0.341. The number of carbonyl (C=O) groups excluding carboxylic acids is 3. The van der Waals surface area contributed by atoms with Gasteiger partial charge in [-0.2, -0.15) is 0 Å². The summed E-state index contributed by atoms with van der Waals surface area (Å²) in [4.78, 5) is 38.0. The first-order valence-electron chi connectivity index (χ1n) is 7.99. The minimum Gasteiger partial charge on any atom is -0.325 e. The Morgan fingerprint density at radius 3 is 2.43 bits per heavy atom. The molecule has 3 rings (SSSR count). The number of nitrogens with one attached hydrogen (secondary N) is 1. The number of likely N-dealkylation sites (tertiary alicyclic amines) is 1. The second-order valence-corrected chi connectivity index (χ2v) is 6.02. The smallest absolute Gasteiger partial charge is 0.244 e. The summed E-state index contributed by atoms with van der Waals surface area (Å²) in [5, 5.41) is 2.77. The summed E-state index contributed by atoms with van der Waals surface area (Å²) in [6, 6.07) is 7.56. The third-order valence-electron chi connectivity index (χ3n) is 4.52. The Labute approximate surface area is 135 Å². The van der Waals surface area contributed by atoms with Gasteiger partial charge in [0.1, 0.15) is 6.54 Å². The molecule has 0 radical (unpaired) electrons. The van der Waals surface area contributed by atoms with Gasteiger partial charge in [0.25, 0.3) is 0 Å². The van der Waals surface area contributed by atoms with Gasteiger partial charge < -0.3 is 5.32 Å². The molecule has 2 aliphatic rings. The zero-order valence-electron chi connectivity index (χ0n) is 13.1. The molecule has 1 aliphatic heterocycles. The lowest BCUT2D eigenvalue weighted by atomic mass is 9.85. The fourth-order valence-electron chi connectivity index (χ4n) is 3.24. The van der Waals surface area contributed by atoms with Gasteiger partial charge in [0.05, 0.1) is 11.8 Å². The number of aryl methyl sites for hydroxylation is 1. The second kappa shape index (κ2) is 6.36. The third kappa shape index (κ3) is 3.04. The fraction of sp³-hybridized carbons (Fsp3) is 0.389. The first kappa shape index (κ1) is 15.5. The average molecular weight is 312 g/mol. The van der Waals surface area contributed by atoms with Gasteiger partial charge in [-0.25, -0.2) is 0 Å². The molecule has 1 aliphatic carbocycles. The van der Waals surface area contributed by atoms with Crippen molar-refractivity contribution in [2.75, 3.05) is 11.9 Å². The van der Waals surface area contributed by atoms with Crippen molar-refractivity contribution < 1.29 is 14.4 Å². The molecule has 1 aromatic carbocycles. The molecule has 2 unspecified atom stereocenters. The van der Waals surface area contributed by atoms with E-state index in [9.17, 15) is 14.4 Å². The summed E-state index contributed by atoms with van der Waals surface area (Å²) < 4.78 is 0. The number of rotatable bonds is 4. The fourth-order valence-corrected chi connectivity index (χ4v) is 3.24. The number of carbonyl (C=O) groups is 3. The first-order valence-corrected chi connectivity index (χ1v) is 7.99. The maximum atomic E-state index is 12.3. The highest BCUT2D eigenvalue weighted by atomic mass is 16.2. The number of fused-ring (bicyclic) bond motifs is 1. The number of anilines is 1. The van der Waals surface area contributed by atoms with E-state index in [0.29, 0.717) is 18.5 Å². The number of amides is 3. The molecule has 2 atom stereocenters. The zero-order chi connectivity index (χ0) is 16.4. The van der Waals surface area contributed by atoms with Crippen molar-refractivity contribution in [3.8, 4) is 0 Å². The topological polar surface area (TPSA) is 66.5 Å². The molecule has 0 bridgehead atoms. The third-order valence-corrected chi connectivity index (χ3v) is 4.52. The van der Waals surface area contributed by atoms with Crippen LogP contribution in [0, 0.1) is 11.8 Å². The molecule has 120 valence electrons. The van der Waals surface area contributed by atoms with E-state index in [4.69, 9.17) is 0 Å². The van der Waals surface area contributed by atoms with E-state index < -0.39 is 0 Å². The Hall–Kier alpha value is -2.43. The number of imide groups is 1. The molecule has 0 spiro atoms. The van der Waals surface area contributed by atoms with Gasteiger partial charge in [-0.05, 0) is 37.0 Å². The van der Waals surface area contributed by atoms with Crippen LogP contribution in [-0.4, -0.2) is 29.2 Å². The van der Waals surface area contributed by atoms with Gasteiger partial charge in [-0.1, -0.05) is 31.2 Å². The summed E-state index contributed by atoms with van der Waals surface area (Å²) in [6.07, 6.45) is 5.93. The van der Waals surface area contributed by atoms with Crippen molar-refractivity contribution in [2.45, 2.75) is 26.2 Å². The lowest BCUT2D eigenvalue weighted by Crippen LogP contribution is -2.38. The van der Waals surface area contributed by atoms with Gasteiger partial charge in [0, 0.05) is 5.69 Å². The van der Waals surface area contributed by atoms with Crippen LogP contribution in [0.5, 0.6) is 0 Å². The van der Waals surface area contributed by atoms with Gasteiger partial charge in [0.15, 0.2) is 0 Å². The zero-order valence-corrected chi connectivity index (χ0v) is 13.1. The van der Waals surface area contributed by atoms with Crippen molar-refractivity contribution in [2.24, 2.45) is 11.8 Å². The van der Waals surface area contributed by atoms with Gasteiger partial charge in [-0.15, -0.1) is 0 Å². The Bertz CT molecular complexity index is 655. The van der Waals surface area contributed by atoms with Crippen LogP contribution in [0.2, 0.25) is 0 Å². The van der Waals surface area contributed by atoms with Crippen LogP contribution in [0.15, 0.2) is 36.4 Å². The highest BCUT2D eigenvalue weighted by molar-refractivity contribution is 6.08. The van der Waals surface area contributed by atoms with E-state index in [2.05, 4.69) is 5.32 Å². The van der Waals surface area contributed by atoms with Crippen LogP contribution >= 0.6 is 0 Å². The van der Waals surface area contributed by atoms with Crippen LogP contribution in [0.1, 0.15) is 25.3 Å². The normalized spacial score (nSPS) is 23.1. The second-order valence-electron chi connectivity index (χ2n) is 6.02. The standard InChI is InChI=1S/C18H20N2O3/c1-2-12-6-5-7-13(10-12)19-16(21)11-20-17(22)14-8-3-4-9-15(14)18(20)23/h3-7,10,14-15H,2,8-9,11H2,1H3,(H,19,21). The Morgan fingerprint density at radius 1 is 1.17 bits per heavy atom. The molecule has 5 nitrogen and oxygen atoms in total. The summed E-state index contributed by atoms with van der Waals surface area (Å²) in [5.74, 6) is -1.36. The molecule has 23 heavy (non-hydrogen) atoms. The number of hydrogen-bond acceptors (Lipinski definition) is 3. The van der Waals surface area contributed by atoms with Crippen LogP contribution in [0.3, 0.4) is 0 Å². The van der Waals surface area contributed by atoms with Gasteiger partial charge >= 0.3 is 0 Å². The SMILES string of the molecule is CCc1cccc(NC(=O)CN2C(=O)C3CC=CCC3C2=O)c1. The summed E-state index contributed by atoms with van der Waals surface area (Å²) >= 11 is 0. The molecule has 1 saturated heterocycles. The highest BCUT2D eigenvalue weighted by Crippen LogP contribution is 2.34. The Balaban J connectivity index is 1.66. The van der Waals surface area contributed by atoms with Crippen LogP contribution < -0.4 is 5.32 Å². The van der Waals surface area contributed by atoms with Crippen LogP contribution in [0.4, 0.5) is 5.69 Å². The molecule has 0 aromatic heterocycles. The van der Waals surface area contributed by atoms with E-state index in [1.807, 2.05) is 37.3 Å². The molecule has 1 heterocycles. The molecule has 1 fully saturated rings. The van der Waals surface area contributed by atoms with E-state index in [-0.39, 0.29) is 36.1 Å². The lowest BCUT2D eigenvalue weighted by Gasteiger charge is -2.14. The molecule has 5 heteroatoms. The number of hydrogen-bond donors (Lipinski definition) is 1. The van der Waals surface area contributed by atoms with E-state index in [0.717, 1.165) is 16.9 Å². The number of benzene rings is 1.